The van der Waals surface area contributed by atoms with E-state index in [0.29, 0.717) is 13.0 Å². The van der Waals surface area contributed by atoms with Crippen molar-refractivity contribution in [2.45, 2.75) is 51.1 Å². The van der Waals surface area contributed by atoms with Crippen LogP contribution in [-0.2, 0) is 4.79 Å². The van der Waals surface area contributed by atoms with Crippen molar-refractivity contribution in [3.63, 3.8) is 0 Å². The van der Waals surface area contributed by atoms with Crippen LogP contribution in [0, 0.1) is 17.8 Å². The molecule has 0 bridgehead atoms. The summed E-state index contributed by atoms with van der Waals surface area (Å²) in [6.07, 6.45) is 4.07. The van der Waals surface area contributed by atoms with Gasteiger partial charge in [0.15, 0.2) is 5.67 Å². The molecule has 2 atom stereocenters. The molecule has 1 amide bonds. The van der Waals surface area contributed by atoms with E-state index in [1.165, 1.54) is 0 Å². The standard InChI is InChI=1S/C15H25FN2O/c1-3-15(16)9-7-5-4-6-8-13(15)12-14(19)18-11-10-17-2/h13,17H,3-6,8,10-12H2,1-2H3,(H,18,19). The average Bonchev–Trinajstić information content (AvgIpc) is 2.39. The van der Waals surface area contributed by atoms with Gasteiger partial charge in [-0.15, -0.1) is 0 Å². The predicted octanol–water partition coefficient (Wildman–Crippen LogP) is 2.02. The van der Waals surface area contributed by atoms with Crippen molar-refractivity contribution in [3.05, 3.63) is 0 Å². The molecule has 0 aromatic rings. The Morgan fingerprint density at radius 2 is 2.21 bits per heavy atom. The van der Waals surface area contributed by atoms with Gasteiger partial charge in [0.1, 0.15) is 0 Å². The zero-order chi connectivity index (χ0) is 14.1. The molecule has 0 aromatic carbocycles. The van der Waals surface area contributed by atoms with Gasteiger partial charge in [-0.05, 0) is 26.3 Å². The van der Waals surface area contributed by atoms with Crippen LogP contribution in [0.2, 0.25) is 0 Å². The summed E-state index contributed by atoms with van der Waals surface area (Å²) in [7, 11) is 1.83. The maximum Gasteiger partial charge on any atom is 0.220 e. The molecular formula is C15H25FN2O. The summed E-state index contributed by atoms with van der Waals surface area (Å²) >= 11 is 0. The molecular weight excluding hydrogens is 243 g/mol. The van der Waals surface area contributed by atoms with Crippen molar-refractivity contribution in [2.75, 3.05) is 20.1 Å². The van der Waals surface area contributed by atoms with Gasteiger partial charge in [-0.25, -0.2) is 4.39 Å². The van der Waals surface area contributed by atoms with Crippen molar-refractivity contribution in [1.82, 2.24) is 10.6 Å². The number of amides is 1. The van der Waals surface area contributed by atoms with Gasteiger partial charge in [0, 0.05) is 31.8 Å². The van der Waals surface area contributed by atoms with Crippen LogP contribution >= 0.6 is 0 Å². The highest BCUT2D eigenvalue weighted by Gasteiger charge is 2.37. The number of hydrogen-bond donors (Lipinski definition) is 2. The molecule has 19 heavy (non-hydrogen) atoms. The highest BCUT2D eigenvalue weighted by atomic mass is 19.1. The summed E-state index contributed by atoms with van der Waals surface area (Å²) in [5.41, 5.74) is -1.50. The molecule has 0 saturated carbocycles. The zero-order valence-electron chi connectivity index (χ0n) is 12.0. The molecule has 0 fully saturated rings. The number of carbonyl (C=O) groups excluding carboxylic acids is 1. The van der Waals surface area contributed by atoms with E-state index >= 15 is 0 Å². The molecule has 0 aliphatic heterocycles. The van der Waals surface area contributed by atoms with Crippen LogP contribution in [0.1, 0.15) is 45.4 Å². The largest absolute Gasteiger partial charge is 0.355 e. The molecule has 0 saturated heterocycles. The van der Waals surface area contributed by atoms with Crippen molar-refractivity contribution in [1.29, 1.82) is 0 Å². The lowest BCUT2D eigenvalue weighted by molar-refractivity contribution is -0.123. The van der Waals surface area contributed by atoms with E-state index in [9.17, 15) is 9.18 Å². The topological polar surface area (TPSA) is 41.1 Å². The summed E-state index contributed by atoms with van der Waals surface area (Å²) in [4.78, 5) is 11.8. The maximum absolute atomic E-state index is 14.8. The first-order chi connectivity index (χ1) is 9.12. The Balaban J connectivity index is 2.60. The van der Waals surface area contributed by atoms with E-state index in [2.05, 4.69) is 22.5 Å². The molecule has 2 N–H and O–H groups in total. The monoisotopic (exact) mass is 268 g/mol. The summed E-state index contributed by atoms with van der Waals surface area (Å²) in [6, 6.07) is 0. The average molecular weight is 268 g/mol. The number of carbonyl (C=O) groups is 1. The highest BCUT2D eigenvalue weighted by molar-refractivity contribution is 5.76. The summed E-state index contributed by atoms with van der Waals surface area (Å²) in [5.74, 6) is 5.33. The number of hydrogen-bond acceptors (Lipinski definition) is 2. The molecule has 1 aliphatic rings. The zero-order valence-corrected chi connectivity index (χ0v) is 12.0. The smallest absolute Gasteiger partial charge is 0.220 e. The summed E-state index contributed by atoms with van der Waals surface area (Å²) < 4.78 is 14.8. The van der Waals surface area contributed by atoms with Crippen molar-refractivity contribution in [2.24, 2.45) is 5.92 Å². The molecule has 108 valence electrons. The molecule has 0 heterocycles. The summed E-state index contributed by atoms with van der Waals surface area (Å²) in [6.45, 7) is 3.12. The van der Waals surface area contributed by atoms with E-state index in [-0.39, 0.29) is 18.2 Å². The quantitative estimate of drug-likeness (QED) is 0.571. The van der Waals surface area contributed by atoms with Crippen LogP contribution < -0.4 is 10.6 Å². The van der Waals surface area contributed by atoms with Gasteiger partial charge in [-0.3, -0.25) is 4.79 Å². The van der Waals surface area contributed by atoms with E-state index in [4.69, 9.17) is 0 Å². The van der Waals surface area contributed by atoms with E-state index in [1.54, 1.807) is 0 Å². The molecule has 1 rings (SSSR count). The fourth-order valence-corrected chi connectivity index (χ4v) is 2.41. The first kappa shape index (κ1) is 16.0. The minimum Gasteiger partial charge on any atom is -0.355 e. The second kappa shape index (κ2) is 8.16. The third-order valence-corrected chi connectivity index (χ3v) is 3.69. The Morgan fingerprint density at radius 3 is 2.89 bits per heavy atom. The fourth-order valence-electron chi connectivity index (χ4n) is 2.41. The lowest BCUT2D eigenvalue weighted by Gasteiger charge is -2.29. The lowest BCUT2D eigenvalue weighted by atomic mass is 9.80. The van der Waals surface area contributed by atoms with Crippen LogP contribution in [-0.4, -0.2) is 31.7 Å². The second-order valence-corrected chi connectivity index (χ2v) is 5.12. The third kappa shape index (κ3) is 5.20. The van der Waals surface area contributed by atoms with Gasteiger partial charge in [0.05, 0.1) is 0 Å². The molecule has 0 spiro atoms. The van der Waals surface area contributed by atoms with Gasteiger partial charge in [0.2, 0.25) is 5.91 Å². The first-order valence-electron chi connectivity index (χ1n) is 7.22. The van der Waals surface area contributed by atoms with Gasteiger partial charge in [0.25, 0.3) is 0 Å². The van der Waals surface area contributed by atoms with Crippen LogP contribution in [0.5, 0.6) is 0 Å². The Morgan fingerprint density at radius 1 is 1.42 bits per heavy atom. The second-order valence-electron chi connectivity index (χ2n) is 5.12. The van der Waals surface area contributed by atoms with E-state index in [0.717, 1.165) is 32.2 Å². The fraction of sp³-hybridized carbons (Fsp3) is 0.800. The molecule has 3 nitrogen and oxygen atoms in total. The Bertz CT molecular complexity index is 348. The number of halogens is 1. The minimum atomic E-state index is -1.50. The van der Waals surface area contributed by atoms with Crippen LogP contribution in [0.15, 0.2) is 0 Å². The Kier molecular flexibility index (Phi) is 6.86. The third-order valence-electron chi connectivity index (χ3n) is 3.69. The van der Waals surface area contributed by atoms with Crippen LogP contribution in [0.4, 0.5) is 4.39 Å². The maximum atomic E-state index is 14.8. The Labute approximate surface area is 115 Å². The van der Waals surface area contributed by atoms with Gasteiger partial charge in [-0.2, -0.15) is 0 Å². The molecule has 2 unspecified atom stereocenters. The lowest BCUT2D eigenvalue weighted by Crippen LogP contribution is -2.38. The van der Waals surface area contributed by atoms with Gasteiger partial charge in [-0.1, -0.05) is 25.2 Å². The SMILES string of the molecule is CCC1(F)C#CCCCCC1CC(=O)NCCNC. The van der Waals surface area contributed by atoms with Gasteiger partial charge >= 0.3 is 0 Å². The minimum absolute atomic E-state index is 0.0712. The number of rotatable bonds is 6. The van der Waals surface area contributed by atoms with Crippen molar-refractivity contribution < 1.29 is 9.18 Å². The normalized spacial score (nSPS) is 26.8. The van der Waals surface area contributed by atoms with Crippen molar-refractivity contribution in [3.8, 4) is 11.8 Å². The van der Waals surface area contributed by atoms with Crippen LogP contribution in [0.3, 0.4) is 0 Å². The van der Waals surface area contributed by atoms with Gasteiger partial charge < -0.3 is 10.6 Å². The summed E-state index contributed by atoms with van der Waals surface area (Å²) in [5, 5.41) is 5.77. The molecule has 0 radical (unpaired) electrons. The van der Waals surface area contributed by atoms with E-state index in [1.807, 2.05) is 14.0 Å². The first-order valence-corrected chi connectivity index (χ1v) is 7.22. The Hall–Kier alpha value is -1.08. The number of likely N-dealkylation sites (N-methyl/N-ethyl adjacent to an activating group) is 1. The molecule has 4 heteroatoms. The van der Waals surface area contributed by atoms with Crippen molar-refractivity contribution >= 4 is 5.91 Å². The molecule has 1 aliphatic carbocycles. The van der Waals surface area contributed by atoms with Crippen LogP contribution in [0.25, 0.3) is 0 Å². The van der Waals surface area contributed by atoms with E-state index < -0.39 is 5.67 Å². The number of alkyl halides is 1. The number of nitrogens with one attached hydrogen (secondary N) is 2. The predicted molar refractivity (Wildman–Crippen MR) is 75.4 cm³/mol. The molecule has 0 aromatic heterocycles. The highest BCUT2D eigenvalue weighted by Crippen LogP contribution is 2.33.